The maximum Gasteiger partial charge on any atom is 0.167 e. The van der Waals surface area contributed by atoms with E-state index in [1.54, 1.807) is 79.9 Å². The van der Waals surface area contributed by atoms with Gasteiger partial charge in [-0.2, -0.15) is 0 Å². The molecular weight excluding hydrogens is 453 g/mol. The average Bonchev–Trinajstić information content (AvgIpc) is 2.89. The Bertz CT molecular complexity index is 1290. The van der Waals surface area contributed by atoms with Gasteiger partial charge in [-0.1, -0.05) is 54.6 Å². The molecule has 0 aliphatic carbocycles. The lowest BCUT2D eigenvalue weighted by Crippen LogP contribution is -1.99. The van der Waals surface area contributed by atoms with Crippen LogP contribution in [0.3, 0.4) is 0 Å². The van der Waals surface area contributed by atoms with Crippen molar-refractivity contribution < 1.29 is 27.4 Å². The minimum absolute atomic E-state index is 0.166. The number of methoxy groups -OCH3 is 1. The van der Waals surface area contributed by atoms with Crippen LogP contribution >= 0.6 is 0 Å². The summed E-state index contributed by atoms with van der Waals surface area (Å²) in [6, 6.07) is 21.5. The van der Waals surface area contributed by atoms with Gasteiger partial charge in [0.1, 0.15) is 23.9 Å². The van der Waals surface area contributed by atoms with Gasteiger partial charge in [0.25, 0.3) is 0 Å². The second-order valence-electron chi connectivity index (χ2n) is 7.89. The lowest BCUT2D eigenvalue weighted by Gasteiger charge is -2.11. The summed E-state index contributed by atoms with van der Waals surface area (Å²) in [5.74, 6) is -1.17. The Morgan fingerprint density at radius 1 is 0.657 bits per heavy atom. The first-order valence-corrected chi connectivity index (χ1v) is 11.2. The molecule has 4 aromatic rings. The standard InChI is InChI=1S/C29H25F3O3/c1-3-34-18-22-10-13-24(16-27(22)30)35-17-19-4-6-20(7-5-19)25-14-15-26(29(32)28(25)31)21-8-11-23(33-2)12-9-21/h4-16H,3,17-18H2,1-2H3. The molecule has 0 saturated carbocycles. The van der Waals surface area contributed by atoms with Gasteiger partial charge < -0.3 is 14.2 Å². The van der Waals surface area contributed by atoms with E-state index < -0.39 is 11.6 Å². The molecule has 0 amide bonds. The molecule has 0 unspecified atom stereocenters. The van der Waals surface area contributed by atoms with Gasteiger partial charge in [0.15, 0.2) is 11.6 Å². The molecule has 4 aromatic carbocycles. The largest absolute Gasteiger partial charge is 0.497 e. The number of benzene rings is 4. The third-order valence-corrected chi connectivity index (χ3v) is 5.64. The summed E-state index contributed by atoms with van der Waals surface area (Å²) in [4.78, 5) is 0. The van der Waals surface area contributed by atoms with E-state index >= 15 is 0 Å². The van der Waals surface area contributed by atoms with Gasteiger partial charge in [-0.05, 0) is 41.8 Å². The molecule has 3 nitrogen and oxygen atoms in total. The third kappa shape index (κ3) is 5.66. The van der Waals surface area contributed by atoms with Gasteiger partial charge in [0.05, 0.1) is 13.7 Å². The normalized spacial score (nSPS) is 10.9. The molecule has 0 aliphatic rings. The van der Waals surface area contributed by atoms with Gasteiger partial charge in [0, 0.05) is 29.4 Å². The monoisotopic (exact) mass is 478 g/mol. The van der Waals surface area contributed by atoms with Crippen LogP contribution in [0.5, 0.6) is 11.5 Å². The number of rotatable bonds is 9. The highest BCUT2D eigenvalue weighted by Gasteiger charge is 2.16. The Kier molecular flexibility index (Phi) is 7.73. The van der Waals surface area contributed by atoms with E-state index in [9.17, 15) is 13.2 Å². The van der Waals surface area contributed by atoms with Crippen molar-refractivity contribution in [3.05, 3.63) is 107 Å². The van der Waals surface area contributed by atoms with Crippen molar-refractivity contribution in [1.29, 1.82) is 0 Å². The first-order valence-electron chi connectivity index (χ1n) is 11.2. The number of halogens is 3. The van der Waals surface area contributed by atoms with Crippen LogP contribution in [0.25, 0.3) is 22.3 Å². The topological polar surface area (TPSA) is 27.7 Å². The second-order valence-corrected chi connectivity index (χ2v) is 7.89. The Balaban J connectivity index is 1.45. The van der Waals surface area contributed by atoms with Crippen LogP contribution < -0.4 is 9.47 Å². The summed E-state index contributed by atoms with van der Waals surface area (Å²) < 4.78 is 60.0. The highest BCUT2D eigenvalue weighted by Crippen LogP contribution is 2.32. The molecule has 0 aromatic heterocycles. The van der Waals surface area contributed by atoms with Gasteiger partial charge in [0.2, 0.25) is 0 Å². The molecule has 0 N–H and O–H groups in total. The molecule has 35 heavy (non-hydrogen) atoms. The molecule has 0 heterocycles. The van der Waals surface area contributed by atoms with E-state index in [0.717, 1.165) is 5.56 Å². The van der Waals surface area contributed by atoms with Crippen LogP contribution in [0.4, 0.5) is 13.2 Å². The van der Waals surface area contributed by atoms with Gasteiger partial charge in [-0.3, -0.25) is 0 Å². The molecule has 0 radical (unpaired) electrons. The molecular formula is C29H25F3O3. The number of hydrogen-bond donors (Lipinski definition) is 0. The lowest BCUT2D eigenvalue weighted by molar-refractivity contribution is 0.131. The molecule has 6 heteroatoms. The molecule has 0 bridgehead atoms. The van der Waals surface area contributed by atoms with Crippen molar-refractivity contribution in [1.82, 2.24) is 0 Å². The van der Waals surface area contributed by atoms with Crippen molar-refractivity contribution in [2.45, 2.75) is 20.1 Å². The quantitative estimate of drug-likeness (QED) is 0.248. The highest BCUT2D eigenvalue weighted by molar-refractivity contribution is 5.72. The maximum atomic E-state index is 14.9. The first-order chi connectivity index (χ1) is 17.0. The van der Waals surface area contributed by atoms with Crippen molar-refractivity contribution in [3.63, 3.8) is 0 Å². The fourth-order valence-corrected chi connectivity index (χ4v) is 3.66. The summed E-state index contributed by atoms with van der Waals surface area (Å²) in [7, 11) is 1.54. The van der Waals surface area contributed by atoms with Crippen LogP contribution in [0.1, 0.15) is 18.1 Å². The van der Waals surface area contributed by atoms with E-state index in [1.165, 1.54) is 6.07 Å². The fraction of sp³-hybridized carbons (Fsp3) is 0.172. The van der Waals surface area contributed by atoms with Crippen LogP contribution in [-0.4, -0.2) is 13.7 Å². The van der Waals surface area contributed by atoms with E-state index in [4.69, 9.17) is 14.2 Å². The zero-order valence-electron chi connectivity index (χ0n) is 19.5. The summed E-state index contributed by atoms with van der Waals surface area (Å²) in [5.41, 5.74) is 2.72. The van der Waals surface area contributed by atoms with Crippen molar-refractivity contribution in [2.24, 2.45) is 0 Å². The SMILES string of the molecule is CCOCc1ccc(OCc2ccc(-c3ccc(-c4ccc(OC)cc4)c(F)c3F)cc2)cc1F. The van der Waals surface area contributed by atoms with E-state index in [1.807, 2.05) is 6.92 Å². The van der Waals surface area contributed by atoms with E-state index in [-0.39, 0.29) is 30.2 Å². The third-order valence-electron chi connectivity index (χ3n) is 5.64. The Morgan fingerprint density at radius 3 is 1.77 bits per heavy atom. The zero-order valence-corrected chi connectivity index (χ0v) is 19.5. The molecule has 4 rings (SSSR count). The molecule has 0 aliphatic heterocycles. The van der Waals surface area contributed by atoms with Crippen LogP contribution in [0.2, 0.25) is 0 Å². The van der Waals surface area contributed by atoms with Gasteiger partial charge >= 0.3 is 0 Å². The zero-order chi connectivity index (χ0) is 24.8. The predicted molar refractivity (Wildman–Crippen MR) is 130 cm³/mol. The minimum atomic E-state index is -0.912. The van der Waals surface area contributed by atoms with E-state index in [2.05, 4.69) is 0 Å². The molecule has 0 saturated heterocycles. The van der Waals surface area contributed by atoms with Crippen molar-refractivity contribution >= 4 is 0 Å². The van der Waals surface area contributed by atoms with Crippen LogP contribution in [0, 0.1) is 17.5 Å². The van der Waals surface area contributed by atoms with Crippen LogP contribution in [0.15, 0.2) is 78.9 Å². The summed E-state index contributed by atoms with van der Waals surface area (Å²) >= 11 is 0. The van der Waals surface area contributed by atoms with Gasteiger partial charge in [-0.25, -0.2) is 13.2 Å². The average molecular weight is 479 g/mol. The Labute approximate surface area is 202 Å². The highest BCUT2D eigenvalue weighted by atomic mass is 19.2. The lowest BCUT2D eigenvalue weighted by atomic mass is 9.98. The summed E-state index contributed by atoms with van der Waals surface area (Å²) in [6.07, 6.45) is 0. The minimum Gasteiger partial charge on any atom is -0.497 e. The fourth-order valence-electron chi connectivity index (χ4n) is 3.66. The summed E-state index contributed by atoms with van der Waals surface area (Å²) in [5, 5.41) is 0. The maximum absolute atomic E-state index is 14.9. The Morgan fingerprint density at radius 2 is 1.23 bits per heavy atom. The number of ether oxygens (including phenoxy) is 3. The Hall–Kier alpha value is -3.77. The smallest absolute Gasteiger partial charge is 0.167 e. The second kappa shape index (κ2) is 11.1. The van der Waals surface area contributed by atoms with Crippen molar-refractivity contribution in [2.75, 3.05) is 13.7 Å². The predicted octanol–water partition coefficient (Wildman–Crippen LogP) is 7.56. The first kappa shape index (κ1) is 24.4. The molecule has 0 fully saturated rings. The van der Waals surface area contributed by atoms with Crippen molar-refractivity contribution in [3.8, 4) is 33.8 Å². The molecule has 0 atom stereocenters. The molecule has 180 valence electrons. The van der Waals surface area contributed by atoms with Gasteiger partial charge in [-0.15, -0.1) is 0 Å². The van der Waals surface area contributed by atoms with Crippen LogP contribution in [-0.2, 0) is 18.0 Å². The number of hydrogen-bond acceptors (Lipinski definition) is 3. The van der Waals surface area contributed by atoms with E-state index in [0.29, 0.717) is 34.8 Å². The molecule has 0 spiro atoms. The summed E-state index contributed by atoms with van der Waals surface area (Å²) in [6.45, 7) is 2.78.